The van der Waals surface area contributed by atoms with Gasteiger partial charge in [0.25, 0.3) is 0 Å². The third-order valence-corrected chi connectivity index (χ3v) is 3.24. The molecule has 0 unspecified atom stereocenters. The van der Waals surface area contributed by atoms with Crippen LogP contribution in [0.25, 0.3) is 0 Å². The molecule has 0 aromatic heterocycles. The molecule has 4 heteroatoms. The van der Waals surface area contributed by atoms with Gasteiger partial charge < -0.3 is 5.32 Å². The molecule has 1 aliphatic heterocycles. The Balaban J connectivity index is 2.30. The smallest absolute Gasteiger partial charge is 0.312 e. The van der Waals surface area contributed by atoms with E-state index in [1.807, 2.05) is 20.8 Å². The molecule has 0 radical (unpaired) electrons. The summed E-state index contributed by atoms with van der Waals surface area (Å²) >= 11 is 0. The van der Waals surface area contributed by atoms with Gasteiger partial charge in [-0.3, -0.25) is 4.90 Å². The molecule has 1 saturated heterocycles. The van der Waals surface area contributed by atoms with Crippen molar-refractivity contribution < 1.29 is 9.18 Å². The molecule has 0 aliphatic carbocycles. The van der Waals surface area contributed by atoms with Crippen LogP contribution >= 0.6 is 0 Å². The SMILES string of the molecule is C=C1CCN(c2ccc(C(C)(C)C)c(F)c2)C(=O)N1. The minimum Gasteiger partial charge on any atom is -0.312 e. The lowest BCUT2D eigenvalue weighted by Gasteiger charge is -2.29. The number of hydrogen-bond acceptors (Lipinski definition) is 1. The molecule has 1 heterocycles. The lowest BCUT2D eigenvalue weighted by Crippen LogP contribution is -2.45. The molecule has 1 aliphatic rings. The number of benzene rings is 1. The average molecular weight is 262 g/mol. The maximum absolute atomic E-state index is 14.1. The molecule has 1 N–H and O–H groups in total. The second-order valence-corrected chi connectivity index (χ2v) is 5.85. The highest BCUT2D eigenvalue weighted by Gasteiger charge is 2.24. The fraction of sp³-hybridized carbons (Fsp3) is 0.400. The van der Waals surface area contributed by atoms with Crippen molar-refractivity contribution in [3.05, 3.63) is 41.9 Å². The van der Waals surface area contributed by atoms with Crippen LogP contribution in [0, 0.1) is 5.82 Å². The Morgan fingerprint density at radius 2 is 2.05 bits per heavy atom. The van der Waals surface area contributed by atoms with Gasteiger partial charge in [0.2, 0.25) is 0 Å². The zero-order valence-electron chi connectivity index (χ0n) is 11.6. The highest BCUT2D eigenvalue weighted by Crippen LogP contribution is 2.29. The Morgan fingerprint density at radius 1 is 1.37 bits per heavy atom. The maximum Gasteiger partial charge on any atom is 0.326 e. The van der Waals surface area contributed by atoms with E-state index in [1.165, 1.54) is 11.0 Å². The molecule has 1 aromatic carbocycles. The van der Waals surface area contributed by atoms with Crippen molar-refractivity contribution in [3.8, 4) is 0 Å². The zero-order chi connectivity index (χ0) is 14.2. The van der Waals surface area contributed by atoms with Crippen LogP contribution in [0.3, 0.4) is 0 Å². The quantitative estimate of drug-likeness (QED) is 0.824. The summed E-state index contributed by atoms with van der Waals surface area (Å²) in [5, 5.41) is 2.66. The summed E-state index contributed by atoms with van der Waals surface area (Å²) in [6.45, 7) is 10.1. The fourth-order valence-corrected chi connectivity index (χ4v) is 2.16. The van der Waals surface area contributed by atoms with E-state index < -0.39 is 0 Å². The van der Waals surface area contributed by atoms with E-state index in [2.05, 4.69) is 11.9 Å². The molecule has 102 valence electrons. The Labute approximate surface area is 113 Å². The first kappa shape index (κ1) is 13.6. The van der Waals surface area contributed by atoms with Crippen molar-refractivity contribution in [2.75, 3.05) is 11.4 Å². The number of hydrogen-bond donors (Lipinski definition) is 1. The number of amides is 2. The van der Waals surface area contributed by atoms with Gasteiger partial charge in [-0.15, -0.1) is 0 Å². The van der Waals surface area contributed by atoms with Crippen molar-refractivity contribution in [2.45, 2.75) is 32.6 Å². The zero-order valence-corrected chi connectivity index (χ0v) is 11.6. The first-order chi connectivity index (χ1) is 8.79. The second-order valence-electron chi connectivity index (χ2n) is 5.85. The Bertz CT molecular complexity index is 531. The Hall–Kier alpha value is -1.84. The van der Waals surface area contributed by atoms with Crippen molar-refractivity contribution >= 4 is 11.7 Å². The third-order valence-electron chi connectivity index (χ3n) is 3.24. The van der Waals surface area contributed by atoms with Gasteiger partial charge in [-0.05, 0) is 23.1 Å². The van der Waals surface area contributed by atoms with Crippen LogP contribution in [0.5, 0.6) is 0 Å². The number of urea groups is 1. The van der Waals surface area contributed by atoms with E-state index >= 15 is 0 Å². The lowest BCUT2D eigenvalue weighted by molar-refractivity contribution is 0.246. The van der Waals surface area contributed by atoms with Gasteiger partial charge in [-0.1, -0.05) is 33.4 Å². The number of nitrogens with one attached hydrogen (secondary N) is 1. The first-order valence-corrected chi connectivity index (χ1v) is 6.35. The molecule has 0 spiro atoms. The largest absolute Gasteiger partial charge is 0.326 e. The second kappa shape index (κ2) is 4.68. The number of carbonyl (C=O) groups is 1. The summed E-state index contributed by atoms with van der Waals surface area (Å²) in [6.07, 6.45) is 0.675. The minimum absolute atomic E-state index is 0.249. The number of anilines is 1. The third kappa shape index (κ3) is 2.78. The van der Waals surface area contributed by atoms with Crippen molar-refractivity contribution in [2.24, 2.45) is 0 Å². The predicted molar refractivity (Wildman–Crippen MR) is 74.7 cm³/mol. The molecule has 0 bridgehead atoms. The summed E-state index contributed by atoms with van der Waals surface area (Å²) in [6, 6.07) is 4.71. The maximum atomic E-state index is 14.1. The van der Waals surface area contributed by atoms with E-state index in [-0.39, 0.29) is 17.3 Å². The predicted octanol–water partition coefficient (Wildman–Crippen LogP) is 3.56. The van der Waals surface area contributed by atoms with Crippen LogP contribution in [-0.2, 0) is 5.41 Å². The minimum atomic E-state index is -0.276. The van der Waals surface area contributed by atoms with Crippen LogP contribution in [0.2, 0.25) is 0 Å². The van der Waals surface area contributed by atoms with E-state index in [1.54, 1.807) is 12.1 Å². The van der Waals surface area contributed by atoms with Crippen LogP contribution in [0.1, 0.15) is 32.8 Å². The van der Waals surface area contributed by atoms with Gasteiger partial charge in [0, 0.05) is 24.4 Å². The monoisotopic (exact) mass is 262 g/mol. The Morgan fingerprint density at radius 3 is 2.58 bits per heavy atom. The van der Waals surface area contributed by atoms with Crippen molar-refractivity contribution in [1.29, 1.82) is 0 Å². The van der Waals surface area contributed by atoms with Gasteiger partial charge in [-0.25, -0.2) is 9.18 Å². The molecule has 3 nitrogen and oxygen atoms in total. The van der Waals surface area contributed by atoms with Gasteiger partial charge in [0.15, 0.2) is 0 Å². The topological polar surface area (TPSA) is 32.3 Å². The number of rotatable bonds is 1. The molecule has 1 aromatic rings. The number of halogens is 1. The summed E-state index contributed by atoms with van der Waals surface area (Å²) in [5.74, 6) is -0.276. The van der Waals surface area contributed by atoms with Gasteiger partial charge in [-0.2, -0.15) is 0 Å². The van der Waals surface area contributed by atoms with Gasteiger partial charge in [0.05, 0.1) is 0 Å². The molecule has 0 saturated carbocycles. The molecular formula is C15H19FN2O. The van der Waals surface area contributed by atoms with Gasteiger partial charge in [0.1, 0.15) is 5.82 Å². The highest BCUT2D eigenvalue weighted by molar-refractivity contribution is 5.94. The van der Waals surface area contributed by atoms with Crippen LogP contribution in [0.4, 0.5) is 14.9 Å². The molecule has 2 rings (SSSR count). The van der Waals surface area contributed by atoms with E-state index in [9.17, 15) is 9.18 Å². The van der Waals surface area contributed by atoms with Crippen LogP contribution in [-0.4, -0.2) is 12.6 Å². The molecule has 0 atom stereocenters. The average Bonchev–Trinajstić information content (AvgIpc) is 2.26. The van der Waals surface area contributed by atoms with E-state index in [0.29, 0.717) is 29.9 Å². The highest BCUT2D eigenvalue weighted by atomic mass is 19.1. The lowest BCUT2D eigenvalue weighted by atomic mass is 9.86. The molecule has 19 heavy (non-hydrogen) atoms. The summed E-state index contributed by atoms with van der Waals surface area (Å²) in [7, 11) is 0. The molecular weight excluding hydrogens is 243 g/mol. The normalized spacial score (nSPS) is 16.5. The Kier molecular flexibility index (Phi) is 3.35. The number of carbonyl (C=O) groups excluding carboxylic acids is 1. The first-order valence-electron chi connectivity index (χ1n) is 6.35. The van der Waals surface area contributed by atoms with E-state index in [4.69, 9.17) is 0 Å². The van der Waals surface area contributed by atoms with Gasteiger partial charge >= 0.3 is 6.03 Å². The van der Waals surface area contributed by atoms with Crippen LogP contribution < -0.4 is 10.2 Å². The van der Waals surface area contributed by atoms with Crippen molar-refractivity contribution in [1.82, 2.24) is 5.32 Å². The number of nitrogens with zero attached hydrogens (tertiary/aromatic N) is 1. The molecule has 1 fully saturated rings. The molecule has 2 amide bonds. The van der Waals surface area contributed by atoms with Crippen LogP contribution in [0.15, 0.2) is 30.5 Å². The summed E-state index contributed by atoms with van der Waals surface area (Å²) < 4.78 is 14.1. The fourth-order valence-electron chi connectivity index (χ4n) is 2.16. The van der Waals surface area contributed by atoms with E-state index in [0.717, 1.165) is 0 Å². The standard InChI is InChI=1S/C15H19FN2O/c1-10-7-8-18(14(19)17-10)11-5-6-12(13(16)9-11)15(2,3)4/h5-6,9H,1,7-8H2,2-4H3,(H,17,19). The summed E-state index contributed by atoms with van der Waals surface area (Å²) in [4.78, 5) is 13.4. The van der Waals surface area contributed by atoms with Crippen molar-refractivity contribution in [3.63, 3.8) is 0 Å². The summed E-state index contributed by atoms with van der Waals surface area (Å²) in [5.41, 5.74) is 1.68.